The summed E-state index contributed by atoms with van der Waals surface area (Å²) in [5.74, 6) is 1.77. The summed E-state index contributed by atoms with van der Waals surface area (Å²) in [4.78, 5) is 12.5. The average Bonchev–Trinajstić information content (AvgIpc) is 3.16. The predicted molar refractivity (Wildman–Crippen MR) is 130 cm³/mol. The molecule has 7 nitrogen and oxygen atoms in total. The largest absolute Gasteiger partial charge is 0.493 e. The predicted octanol–water partition coefficient (Wildman–Crippen LogP) is 5.72. The smallest absolute Gasteiger partial charge is 0.234 e. The molecule has 0 saturated heterocycles. The lowest BCUT2D eigenvalue weighted by molar-refractivity contribution is -0.113. The fourth-order valence-electron chi connectivity index (χ4n) is 3.11. The molecule has 1 amide bonds. The van der Waals surface area contributed by atoms with Gasteiger partial charge in [0, 0.05) is 11.0 Å². The maximum Gasteiger partial charge on any atom is 0.234 e. The number of anilines is 1. The highest BCUT2D eigenvalue weighted by Crippen LogP contribution is 2.31. The molecule has 3 aromatic rings. The highest BCUT2D eigenvalue weighted by molar-refractivity contribution is 9.10. The van der Waals surface area contributed by atoms with Gasteiger partial charge in [-0.3, -0.25) is 4.79 Å². The summed E-state index contributed by atoms with van der Waals surface area (Å²) in [7, 11) is 1.60. The topological polar surface area (TPSA) is 78.3 Å². The maximum absolute atomic E-state index is 13.3. The fourth-order valence-corrected chi connectivity index (χ4v) is 4.32. The van der Waals surface area contributed by atoms with Gasteiger partial charge < -0.3 is 19.4 Å². The van der Waals surface area contributed by atoms with E-state index in [0.29, 0.717) is 45.1 Å². The number of carbonyl (C=O) groups excluding carboxylic acids is 1. The van der Waals surface area contributed by atoms with E-state index in [9.17, 15) is 9.18 Å². The van der Waals surface area contributed by atoms with Crippen LogP contribution < -0.4 is 14.8 Å². The Hall–Kier alpha value is -2.59. The van der Waals surface area contributed by atoms with E-state index in [1.54, 1.807) is 7.11 Å². The molecule has 10 heteroatoms. The fraction of sp³-hybridized carbons (Fsp3) is 0.348. The third kappa shape index (κ3) is 6.70. The Morgan fingerprint density at radius 1 is 1.18 bits per heavy atom. The molecule has 0 aliphatic carbocycles. The Kier molecular flexibility index (Phi) is 8.74. The van der Waals surface area contributed by atoms with Crippen LogP contribution in [0.15, 0.2) is 52.1 Å². The molecule has 1 aromatic heterocycles. The van der Waals surface area contributed by atoms with Crippen molar-refractivity contribution >= 4 is 39.3 Å². The summed E-state index contributed by atoms with van der Waals surface area (Å²) in [6.07, 6.45) is -0.383. The minimum absolute atomic E-state index is 0.127. The molecular weight excluding hydrogens is 511 g/mol. The zero-order valence-corrected chi connectivity index (χ0v) is 21.2. The van der Waals surface area contributed by atoms with E-state index in [-0.39, 0.29) is 23.6 Å². The summed E-state index contributed by atoms with van der Waals surface area (Å²) in [5.41, 5.74) is 0.505. The van der Waals surface area contributed by atoms with Crippen molar-refractivity contribution in [3.63, 3.8) is 0 Å². The van der Waals surface area contributed by atoms with Crippen LogP contribution in [0.3, 0.4) is 0 Å². The van der Waals surface area contributed by atoms with Gasteiger partial charge in [0.1, 0.15) is 5.82 Å². The minimum atomic E-state index is -0.383. The van der Waals surface area contributed by atoms with Gasteiger partial charge in [-0.25, -0.2) is 4.39 Å². The Balaban J connectivity index is 1.72. The number of thioether (sulfide) groups is 1. The van der Waals surface area contributed by atoms with Crippen LogP contribution in [0.4, 0.5) is 10.1 Å². The summed E-state index contributed by atoms with van der Waals surface area (Å²) >= 11 is 4.54. The molecule has 0 aliphatic rings. The van der Waals surface area contributed by atoms with E-state index >= 15 is 0 Å². The molecule has 0 radical (unpaired) electrons. The normalized spacial score (nSPS) is 12.0. The van der Waals surface area contributed by atoms with Crippen molar-refractivity contribution < 1.29 is 18.7 Å². The SMILES string of the molecule is COc1ccccc1OC(C)c1nnc(SCC(=O)Nc2ccc(F)cc2Br)n1CC(C)C. The standard InChI is InChI=1S/C23H26BrFN4O3S/c1-14(2)12-29-22(15(3)32-20-8-6-5-7-19(20)31-4)27-28-23(29)33-13-21(30)26-18-10-9-16(25)11-17(18)24/h5-11,14-15H,12-13H2,1-4H3,(H,26,30). The van der Waals surface area contributed by atoms with Crippen LogP contribution >= 0.6 is 27.7 Å². The molecule has 0 fully saturated rings. The van der Waals surface area contributed by atoms with Gasteiger partial charge >= 0.3 is 0 Å². The second-order valence-electron chi connectivity index (χ2n) is 7.72. The second-order valence-corrected chi connectivity index (χ2v) is 9.51. The van der Waals surface area contributed by atoms with Gasteiger partial charge in [0.15, 0.2) is 28.6 Å². The summed E-state index contributed by atoms with van der Waals surface area (Å²) in [6.45, 7) is 6.78. The zero-order valence-electron chi connectivity index (χ0n) is 18.8. The van der Waals surface area contributed by atoms with Crippen LogP contribution in [0.25, 0.3) is 0 Å². The molecule has 0 bridgehead atoms. The molecule has 1 heterocycles. The zero-order chi connectivity index (χ0) is 24.0. The van der Waals surface area contributed by atoms with Crippen molar-refractivity contribution in [3.05, 3.63) is 58.6 Å². The number of halogens is 2. The average molecular weight is 537 g/mol. The molecule has 176 valence electrons. The number of benzene rings is 2. The first-order chi connectivity index (χ1) is 15.8. The third-order valence-corrected chi connectivity index (χ3v) is 6.19. The summed E-state index contributed by atoms with van der Waals surface area (Å²) in [5, 5.41) is 12.1. The molecule has 3 rings (SSSR count). The number of carbonyl (C=O) groups is 1. The lowest BCUT2D eigenvalue weighted by Crippen LogP contribution is -2.17. The first-order valence-electron chi connectivity index (χ1n) is 10.4. The van der Waals surface area contributed by atoms with Crippen molar-refractivity contribution in [2.45, 2.75) is 38.6 Å². The van der Waals surface area contributed by atoms with Gasteiger partial charge in [-0.05, 0) is 59.1 Å². The van der Waals surface area contributed by atoms with Gasteiger partial charge in [-0.15, -0.1) is 10.2 Å². The Morgan fingerprint density at radius 2 is 1.91 bits per heavy atom. The van der Waals surface area contributed by atoms with E-state index in [4.69, 9.17) is 9.47 Å². The first-order valence-corrected chi connectivity index (χ1v) is 12.2. The van der Waals surface area contributed by atoms with Gasteiger partial charge in [0.2, 0.25) is 5.91 Å². The number of aromatic nitrogens is 3. The number of nitrogens with zero attached hydrogens (tertiary/aromatic N) is 3. The van der Waals surface area contributed by atoms with E-state index in [1.807, 2.05) is 35.8 Å². The summed E-state index contributed by atoms with van der Waals surface area (Å²) < 4.78 is 27.2. The van der Waals surface area contributed by atoms with Crippen LogP contribution in [-0.2, 0) is 11.3 Å². The number of rotatable bonds is 10. The quantitative estimate of drug-likeness (QED) is 0.334. The van der Waals surface area contributed by atoms with Crippen LogP contribution in [0, 0.1) is 11.7 Å². The molecule has 0 saturated carbocycles. The van der Waals surface area contributed by atoms with Crippen molar-refractivity contribution in [1.82, 2.24) is 14.8 Å². The van der Waals surface area contributed by atoms with Crippen LogP contribution in [-0.4, -0.2) is 33.5 Å². The molecular formula is C23H26BrFN4O3S. The molecule has 1 unspecified atom stereocenters. The molecule has 33 heavy (non-hydrogen) atoms. The number of hydrogen-bond acceptors (Lipinski definition) is 6. The van der Waals surface area contributed by atoms with Crippen LogP contribution in [0.5, 0.6) is 11.5 Å². The molecule has 1 atom stereocenters. The summed E-state index contributed by atoms with van der Waals surface area (Å²) in [6, 6.07) is 11.5. The molecule has 0 spiro atoms. The van der Waals surface area contributed by atoms with E-state index in [1.165, 1.54) is 30.0 Å². The Morgan fingerprint density at radius 3 is 2.58 bits per heavy atom. The van der Waals surface area contributed by atoms with Crippen LogP contribution in [0.2, 0.25) is 0 Å². The van der Waals surface area contributed by atoms with E-state index < -0.39 is 0 Å². The number of ether oxygens (including phenoxy) is 2. The minimum Gasteiger partial charge on any atom is -0.493 e. The van der Waals surface area contributed by atoms with Crippen molar-refractivity contribution in [2.75, 3.05) is 18.2 Å². The number of methoxy groups -OCH3 is 1. The van der Waals surface area contributed by atoms with Crippen molar-refractivity contribution in [2.24, 2.45) is 5.92 Å². The monoisotopic (exact) mass is 536 g/mol. The molecule has 2 aromatic carbocycles. The number of hydrogen-bond donors (Lipinski definition) is 1. The lowest BCUT2D eigenvalue weighted by atomic mass is 10.2. The number of para-hydroxylation sites is 2. The molecule has 1 N–H and O–H groups in total. The Bertz CT molecular complexity index is 1110. The van der Waals surface area contributed by atoms with Gasteiger partial charge in [0.25, 0.3) is 0 Å². The Labute approximate surface area is 205 Å². The van der Waals surface area contributed by atoms with Gasteiger partial charge in [-0.1, -0.05) is 37.7 Å². The molecule has 0 aliphatic heterocycles. The first kappa shape index (κ1) is 25.0. The van der Waals surface area contributed by atoms with Crippen molar-refractivity contribution in [3.8, 4) is 11.5 Å². The van der Waals surface area contributed by atoms with Gasteiger partial charge in [0.05, 0.1) is 18.6 Å². The van der Waals surface area contributed by atoms with Gasteiger partial charge in [-0.2, -0.15) is 0 Å². The second kappa shape index (κ2) is 11.5. The third-order valence-electron chi connectivity index (χ3n) is 4.57. The van der Waals surface area contributed by atoms with Crippen molar-refractivity contribution in [1.29, 1.82) is 0 Å². The number of amides is 1. The van der Waals surface area contributed by atoms with E-state index in [0.717, 1.165) is 0 Å². The highest BCUT2D eigenvalue weighted by atomic mass is 79.9. The lowest BCUT2D eigenvalue weighted by Gasteiger charge is -2.19. The van der Waals surface area contributed by atoms with E-state index in [2.05, 4.69) is 45.3 Å². The van der Waals surface area contributed by atoms with Crippen LogP contribution in [0.1, 0.15) is 32.7 Å². The highest BCUT2D eigenvalue weighted by Gasteiger charge is 2.22. The maximum atomic E-state index is 13.3. The number of nitrogens with one attached hydrogen (secondary N) is 1.